The van der Waals surface area contributed by atoms with Crippen molar-refractivity contribution in [2.75, 3.05) is 35.8 Å². The summed E-state index contributed by atoms with van der Waals surface area (Å²) in [7, 11) is 1.74. The van der Waals surface area contributed by atoms with Crippen LogP contribution in [0.1, 0.15) is 33.1 Å². The van der Waals surface area contributed by atoms with Crippen LogP contribution in [0.15, 0.2) is 0 Å². The summed E-state index contributed by atoms with van der Waals surface area (Å²) in [5.41, 5.74) is 2.50. The number of nitrogens with one attached hydrogen (secondary N) is 2. The van der Waals surface area contributed by atoms with E-state index in [0.29, 0.717) is 17.8 Å². The molecule has 0 saturated heterocycles. The molecule has 0 radical (unpaired) electrons. The molecule has 1 heterocycles. The zero-order valence-corrected chi connectivity index (χ0v) is 13.0. The standard InChI is InChI=1S/C13H25N7O/c1-4-20(5-2)13-17-11(16-12(18-13)19-14)15-9-7-6-8-10(9)21-3/h9-10H,4-8,14H2,1-3H3,(H2,15,16,17,18,19). The van der Waals surface area contributed by atoms with Gasteiger partial charge < -0.3 is 15.0 Å². The second kappa shape index (κ2) is 7.37. The lowest BCUT2D eigenvalue weighted by Gasteiger charge is -2.22. The van der Waals surface area contributed by atoms with Crippen LogP contribution in [-0.4, -0.2) is 47.3 Å². The number of nitrogens with two attached hydrogens (primary N) is 1. The van der Waals surface area contributed by atoms with Crippen molar-refractivity contribution in [3.8, 4) is 0 Å². The average molecular weight is 295 g/mol. The summed E-state index contributed by atoms with van der Waals surface area (Å²) in [4.78, 5) is 15.1. The Balaban J connectivity index is 2.20. The van der Waals surface area contributed by atoms with Crippen LogP contribution in [0.2, 0.25) is 0 Å². The molecule has 4 N–H and O–H groups in total. The van der Waals surface area contributed by atoms with Crippen LogP contribution < -0.4 is 21.5 Å². The lowest BCUT2D eigenvalue weighted by molar-refractivity contribution is 0.101. The molecule has 21 heavy (non-hydrogen) atoms. The van der Waals surface area contributed by atoms with Crippen molar-refractivity contribution in [3.05, 3.63) is 0 Å². The summed E-state index contributed by atoms with van der Waals surface area (Å²) in [6.07, 6.45) is 3.46. The van der Waals surface area contributed by atoms with Gasteiger partial charge in [0.15, 0.2) is 0 Å². The molecule has 2 rings (SSSR count). The Bertz CT molecular complexity index is 452. The van der Waals surface area contributed by atoms with Crippen molar-refractivity contribution < 1.29 is 4.74 Å². The minimum absolute atomic E-state index is 0.202. The van der Waals surface area contributed by atoms with E-state index in [1.165, 1.54) is 0 Å². The van der Waals surface area contributed by atoms with Gasteiger partial charge in [0.25, 0.3) is 0 Å². The largest absolute Gasteiger partial charge is 0.379 e. The van der Waals surface area contributed by atoms with Gasteiger partial charge in [-0.05, 0) is 33.1 Å². The summed E-state index contributed by atoms with van der Waals surface area (Å²) in [5.74, 6) is 6.98. The van der Waals surface area contributed by atoms with Crippen molar-refractivity contribution in [1.82, 2.24) is 15.0 Å². The SMILES string of the molecule is CCN(CC)c1nc(NN)nc(NC2CCCC2OC)n1. The highest BCUT2D eigenvalue weighted by molar-refractivity contribution is 5.43. The number of ether oxygens (including phenoxy) is 1. The summed E-state index contributed by atoms with van der Waals surface area (Å²) in [6, 6.07) is 0.229. The molecule has 8 nitrogen and oxygen atoms in total. The van der Waals surface area contributed by atoms with Gasteiger partial charge in [-0.15, -0.1) is 0 Å². The lowest BCUT2D eigenvalue weighted by atomic mass is 10.2. The molecule has 0 amide bonds. The van der Waals surface area contributed by atoms with Crippen LogP contribution in [0.25, 0.3) is 0 Å². The van der Waals surface area contributed by atoms with Crippen LogP contribution in [0.4, 0.5) is 17.8 Å². The fourth-order valence-electron chi connectivity index (χ4n) is 2.68. The second-order valence-electron chi connectivity index (χ2n) is 5.06. The number of rotatable bonds is 7. The van der Waals surface area contributed by atoms with Gasteiger partial charge in [0, 0.05) is 20.2 Å². The topological polar surface area (TPSA) is 101 Å². The molecule has 1 aliphatic rings. The van der Waals surface area contributed by atoms with Gasteiger partial charge in [0.05, 0.1) is 12.1 Å². The Labute approximate surface area is 125 Å². The zero-order chi connectivity index (χ0) is 15.2. The van der Waals surface area contributed by atoms with Crippen molar-refractivity contribution in [3.63, 3.8) is 0 Å². The van der Waals surface area contributed by atoms with Gasteiger partial charge in [-0.25, -0.2) is 5.84 Å². The highest BCUT2D eigenvalue weighted by Gasteiger charge is 2.28. The first kappa shape index (κ1) is 15.7. The average Bonchev–Trinajstić information content (AvgIpc) is 2.95. The first-order valence-electron chi connectivity index (χ1n) is 7.48. The molecule has 118 valence electrons. The smallest absolute Gasteiger partial charge is 0.243 e. The third-order valence-electron chi connectivity index (χ3n) is 3.87. The van der Waals surface area contributed by atoms with Gasteiger partial charge >= 0.3 is 0 Å². The monoisotopic (exact) mass is 295 g/mol. The number of nitrogens with zero attached hydrogens (tertiary/aromatic N) is 4. The molecule has 0 bridgehead atoms. The molecule has 0 aliphatic heterocycles. The minimum Gasteiger partial charge on any atom is -0.379 e. The van der Waals surface area contributed by atoms with Crippen molar-refractivity contribution in [2.24, 2.45) is 5.84 Å². The summed E-state index contributed by atoms with van der Waals surface area (Å²) in [5, 5.41) is 3.35. The predicted molar refractivity (Wildman–Crippen MR) is 83.3 cm³/mol. The van der Waals surface area contributed by atoms with Crippen LogP contribution in [0.5, 0.6) is 0 Å². The van der Waals surface area contributed by atoms with Crippen LogP contribution in [-0.2, 0) is 4.74 Å². The van der Waals surface area contributed by atoms with Crippen molar-refractivity contribution >= 4 is 17.8 Å². The molecule has 2 atom stereocenters. The van der Waals surface area contributed by atoms with Gasteiger partial charge in [-0.3, -0.25) is 5.43 Å². The summed E-state index contributed by atoms with van der Waals surface area (Å²) >= 11 is 0. The first-order valence-corrected chi connectivity index (χ1v) is 7.48. The summed E-state index contributed by atoms with van der Waals surface area (Å²) < 4.78 is 5.49. The Morgan fingerprint density at radius 2 is 1.90 bits per heavy atom. The van der Waals surface area contributed by atoms with E-state index < -0.39 is 0 Å². The highest BCUT2D eigenvalue weighted by atomic mass is 16.5. The maximum atomic E-state index is 5.49. The molecule has 0 spiro atoms. The second-order valence-corrected chi connectivity index (χ2v) is 5.06. The Morgan fingerprint density at radius 3 is 2.52 bits per heavy atom. The fraction of sp³-hybridized carbons (Fsp3) is 0.769. The molecular weight excluding hydrogens is 270 g/mol. The Morgan fingerprint density at radius 1 is 1.19 bits per heavy atom. The van der Waals surface area contributed by atoms with Gasteiger partial charge in [-0.2, -0.15) is 15.0 Å². The predicted octanol–water partition coefficient (Wildman–Crippen LogP) is 0.983. The number of hydrazine groups is 1. The molecular formula is C13H25N7O. The molecule has 1 aromatic rings. The third-order valence-corrected chi connectivity index (χ3v) is 3.87. The number of methoxy groups -OCH3 is 1. The van der Waals surface area contributed by atoms with Crippen molar-refractivity contribution in [2.45, 2.75) is 45.3 Å². The maximum Gasteiger partial charge on any atom is 0.243 e. The maximum absolute atomic E-state index is 5.49. The number of aromatic nitrogens is 3. The number of hydrogen-bond acceptors (Lipinski definition) is 8. The molecule has 8 heteroatoms. The Hall–Kier alpha value is -1.67. The fourth-order valence-corrected chi connectivity index (χ4v) is 2.68. The molecule has 1 fully saturated rings. The van der Waals surface area contributed by atoms with Crippen LogP contribution in [0, 0.1) is 0 Å². The van der Waals surface area contributed by atoms with E-state index >= 15 is 0 Å². The number of hydrogen-bond donors (Lipinski definition) is 3. The van der Waals surface area contributed by atoms with Gasteiger partial charge in [-0.1, -0.05) is 0 Å². The van der Waals surface area contributed by atoms with E-state index in [2.05, 4.69) is 44.4 Å². The quantitative estimate of drug-likeness (QED) is 0.505. The van der Waals surface area contributed by atoms with E-state index in [9.17, 15) is 0 Å². The molecule has 0 aromatic carbocycles. The number of anilines is 3. The zero-order valence-electron chi connectivity index (χ0n) is 13.0. The van der Waals surface area contributed by atoms with E-state index in [1.54, 1.807) is 7.11 Å². The van der Waals surface area contributed by atoms with Gasteiger partial charge in [0.2, 0.25) is 17.8 Å². The molecule has 1 aromatic heterocycles. The lowest BCUT2D eigenvalue weighted by Crippen LogP contribution is -2.32. The van der Waals surface area contributed by atoms with Crippen LogP contribution >= 0.6 is 0 Å². The van der Waals surface area contributed by atoms with Crippen LogP contribution in [0.3, 0.4) is 0 Å². The van der Waals surface area contributed by atoms with E-state index in [0.717, 1.165) is 32.4 Å². The number of nitrogen functional groups attached to an aromatic ring is 1. The molecule has 1 saturated carbocycles. The highest BCUT2D eigenvalue weighted by Crippen LogP contribution is 2.24. The Kier molecular flexibility index (Phi) is 5.51. The van der Waals surface area contributed by atoms with E-state index in [1.807, 2.05) is 0 Å². The third kappa shape index (κ3) is 3.70. The first-order chi connectivity index (χ1) is 10.2. The minimum atomic E-state index is 0.202. The molecule has 2 unspecified atom stereocenters. The summed E-state index contributed by atoms with van der Waals surface area (Å²) in [6.45, 7) is 5.78. The van der Waals surface area contributed by atoms with Crippen molar-refractivity contribution in [1.29, 1.82) is 0 Å². The normalized spacial score (nSPS) is 21.3. The van der Waals surface area contributed by atoms with Gasteiger partial charge in [0.1, 0.15) is 0 Å². The molecule has 1 aliphatic carbocycles. The van der Waals surface area contributed by atoms with E-state index in [4.69, 9.17) is 10.6 Å². The van der Waals surface area contributed by atoms with E-state index in [-0.39, 0.29) is 12.1 Å².